The Morgan fingerprint density at radius 1 is 1.25 bits per heavy atom. The van der Waals surface area contributed by atoms with Crippen molar-refractivity contribution in [3.63, 3.8) is 0 Å². The summed E-state index contributed by atoms with van der Waals surface area (Å²) in [6.45, 7) is 2.15. The number of fused-ring (bicyclic) bond motifs is 1. The lowest BCUT2D eigenvalue weighted by atomic mass is 10.1. The van der Waals surface area contributed by atoms with Crippen LogP contribution in [0.3, 0.4) is 0 Å². The molecule has 104 valence electrons. The van der Waals surface area contributed by atoms with Crippen LogP contribution in [0.1, 0.15) is 36.3 Å². The van der Waals surface area contributed by atoms with Gasteiger partial charge in [0, 0.05) is 18.3 Å². The highest BCUT2D eigenvalue weighted by Crippen LogP contribution is 2.37. The fraction of sp³-hybridized carbons (Fsp3) is 0.375. The van der Waals surface area contributed by atoms with Gasteiger partial charge in [0.1, 0.15) is 12.1 Å². The Kier molecular flexibility index (Phi) is 3.40. The molecule has 20 heavy (non-hydrogen) atoms. The molecule has 0 spiro atoms. The van der Waals surface area contributed by atoms with E-state index in [0.717, 1.165) is 42.0 Å². The molecule has 1 aromatic heterocycles. The van der Waals surface area contributed by atoms with Crippen LogP contribution in [-0.2, 0) is 12.8 Å². The zero-order valence-electron chi connectivity index (χ0n) is 11.9. The van der Waals surface area contributed by atoms with Gasteiger partial charge < -0.3 is 10.0 Å². The highest BCUT2D eigenvalue weighted by atomic mass is 16.3. The molecule has 4 heteroatoms. The number of benzene rings is 1. The molecular weight excluding hydrogens is 250 g/mol. The lowest BCUT2D eigenvalue weighted by Crippen LogP contribution is -2.15. The number of aromatic nitrogens is 2. The quantitative estimate of drug-likeness (QED) is 0.931. The maximum absolute atomic E-state index is 10.1. The van der Waals surface area contributed by atoms with Gasteiger partial charge in [-0.25, -0.2) is 9.97 Å². The summed E-state index contributed by atoms with van der Waals surface area (Å²) in [7, 11) is 1.98. The van der Waals surface area contributed by atoms with Gasteiger partial charge in [0.15, 0.2) is 0 Å². The molecule has 1 aliphatic rings. The van der Waals surface area contributed by atoms with Crippen LogP contribution in [-0.4, -0.2) is 22.1 Å². The van der Waals surface area contributed by atoms with E-state index >= 15 is 0 Å². The lowest BCUT2D eigenvalue weighted by Gasteiger charge is -2.22. The van der Waals surface area contributed by atoms with Gasteiger partial charge in [0.25, 0.3) is 0 Å². The van der Waals surface area contributed by atoms with E-state index in [2.05, 4.69) is 41.2 Å². The van der Waals surface area contributed by atoms with E-state index in [9.17, 15) is 5.11 Å². The fourth-order valence-corrected chi connectivity index (χ4v) is 2.72. The summed E-state index contributed by atoms with van der Waals surface area (Å²) in [5, 5.41) is 10.1. The van der Waals surface area contributed by atoms with E-state index in [1.807, 2.05) is 11.9 Å². The normalized spacial score (nSPS) is 17.1. The smallest absolute Gasteiger partial charge is 0.142 e. The number of aliphatic hydroxyl groups excluding tert-OH is 1. The van der Waals surface area contributed by atoms with Gasteiger partial charge in [-0.3, -0.25) is 0 Å². The minimum absolute atomic E-state index is 0.446. The highest BCUT2D eigenvalue weighted by Gasteiger charge is 2.27. The van der Waals surface area contributed by atoms with E-state index in [4.69, 9.17) is 0 Å². The standard InChI is InChI=1S/C16H19N3O/c1-3-11-4-6-12(7-5-11)19(2)16-15-13(17-10-18-16)8-9-14(15)20/h4-7,10,14,20H,3,8-9H2,1-2H3. The molecular formula is C16H19N3O. The predicted octanol–water partition coefficient (Wildman–Crippen LogP) is 2.79. The molecule has 3 rings (SSSR count). The summed E-state index contributed by atoms with van der Waals surface area (Å²) in [5.74, 6) is 0.809. The third-order valence-electron chi connectivity index (χ3n) is 3.98. The fourth-order valence-electron chi connectivity index (χ4n) is 2.72. The van der Waals surface area contributed by atoms with Crippen molar-refractivity contribution in [3.05, 3.63) is 47.4 Å². The molecule has 1 aliphatic carbocycles. The number of nitrogens with zero attached hydrogens (tertiary/aromatic N) is 3. The molecule has 0 amide bonds. The Morgan fingerprint density at radius 3 is 2.70 bits per heavy atom. The van der Waals surface area contributed by atoms with Gasteiger partial charge in [-0.2, -0.15) is 0 Å². The first-order valence-corrected chi connectivity index (χ1v) is 7.05. The van der Waals surface area contributed by atoms with Gasteiger partial charge >= 0.3 is 0 Å². The molecule has 2 aromatic rings. The number of aliphatic hydroxyl groups is 1. The van der Waals surface area contributed by atoms with Gasteiger partial charge in [-0.15, -0.1) is 0 Å². The van der Waals surface area contributed by atoms with Crippen LogP contribution < -0.4 is 4.90 Å². The number of rotatable bonds is 3. The number of anilines is 2. The van der Waals surface area contributed by atoms with Crippen molar-refractivity contribution in [1.82, 2.24) is 9.97 Å². The minimum Gasteiger partial charge on any atom is -0.388 e. The highest BCUT2D eigenvalue weighted by molar-refractivity contribution is 5.64. The number of hydrogen-bond acceptors (Lipinski definition) is 4. The van der Waals surface area contributed by atoms with Crippen LogP contribution in [0.2, 0.25) is 0 Å². The van der Waals surface area contributed by atoms with Crippen molar-refractivity contribution in [3.8, 4) is 0 Å². The maximum Gasteiger partial charge on any atom is 0.142 e. The molecule has 1 N–H and O–H groups in total. The molecule has 4 nitrogen and oxygen atoms in total. The Hall–Kier alpha value is -1.94. The van der Waals surface area contributed by atoms with Crippen LogP contribution in [0.25, 0.3) is 0 Å². The first-order chi connectivity index (χ1) is 9.70. The second-order valence-electron chi connectivity index (χ2n) is 5.19. The van der Waals surface area contributed by atoms with Crippen LogP contribution in [0.5, 0.6) is 0 Å². The molecule has 0 saturated heterocycles. The molecule has 0 fully saturated rings. The van der Waals surface area contributed by atoms with Crippen LogP contribution >= 0.6 is 0 Å². The van der Waals surface area contributed by atoms with E-state index in [0.29, 0.717) is 0 Å². The molecule has 1 aromatic carbocycles. The first-order valence-electron chi connectivity index (χ1n) is 7.05. The Bertz CT molecular complexity index is 610. The molecule has 0 bridgehead atoms. The zero-order chi connectivity index (χ0) is 14.1. The van der Waals surface area contributed by atoms with Crippen LogP contribution in [0, 0.1) is 0 Å². The van der Waals surface area contributed by atoms with Crippen molar-refractivity contribution in [2.24, 2.45) is 0 Å². The molecule has 0 aliphatic heterocycles. The Balaban J connectivity index is 1.98. The van der Waals surface area contributed by atoms with Crippen LogP contribution in [0.15, 0.2) is 30.6 Å². The van der Waals surface area contributed by atoms with E-state index in [-0.39, 0.29) is 0 Å². The monoisotopic (exact) mass is 269 g/mol. The molecule has 1 heterocycles. The second-order valence-corrected chi connectivity index (χ2v) is 5.19. The predicted molar refractivity (Wildman–Crippen MR) is 79.2 cm³/mol. The average molecular weight is 269 g/mol. The van der Waals surface area contributed by atoms with Crippen LogP contribution in [0.4, 0.5) is 11.5 Å². The first kappa shape index (κ1) is 13.1. The van der Waals surface area contributed by atoms with Crippen molar-refractivity contribution in [2.45, 2.75) is 32.3 Å². The van der Waals surface area contributed by atoms with E-state index in [1.54, 1.807) is 6.33 Å². The van der Waals surface area contributed by atoms with Crippen molar-refractivity contribution in [2.75, 3.05) is 11.9 Å². The van der Waals surface area contributed by atoms with E-state index < -0.39 is 6.10 Å². The summed E-state index contributed by atoms with van der Waals surface area (Å²) in [5.41, 5.74) is 4.24. The number of hydrogen-bond donors (Lipinski definition) is 1. The van der Waals surface area contributed by atoms with Gasteiger partial charge in [0.2, 0.25) is 0 Å². The van der Waals surface area contributed by atoms with Crippen molar-refractivity contribution >= 4 is 11.5 Å². The summed E-state index contributed by atoms with van der Waals surface area (Å²) < 4.78 is 0. The lowest BCUT2D eigenvalue weighted by molar-refractivity contribution is 0.180. The molecule has 0 saturated carbocycles. The zero-order valence-corrected chi connectivity index (χ0v) is 11.9. The maximum atomic E-state index is 10.1. The average Bonchev–Trinajstić information content (AvgIpc) is 2.88. The summed E-state index contributed by atoms with van der Waals surface area (Å²) >= 11 is 0. The van der Waals surface area contributed by atoms with Crippen molar-refractivity contribution < 1.29 is 5.11 Å². The Labute approximate surface area is 119 Å². The minimum atomic E-state index is -0.446. The molecule has 1 unspecified atom stereocenters. The SMILES string of the molecule is CCc1ccc(N(C)c2ncnc3c2C(O)CC3)cc1. The van der Waals surface area contributed by atoms with Gasteiger partial charge in [-0.05, 0) is 37.0 Å². The van der Waals surface area contributed by atoms with Gasteiger partial charge in [-0.1, -0.05) is 19.1 Å². The summed E-state index contributed by atoms with van der Waals surface area (Å²) in [4.78, 5) is 10.7. The largest absolute Gasteiger partial charge is 0.388 e. The topological polar surface area (TPSA) is 49.2 Å². The second kappa shape index (κ2) is 5.21. The molecule has 0 radical (unpaired) electrons. The van der Waals surface area contributed by atoms with E-state index in [1.165, 1.54) is 5.56 Å². The third kappa shape index (κ3) is 2.16. The Morgan fingerprint density at radius 2 is 2.00 bits per heavy atom. The van der Waals surface area contributed by atoms with Gasteiger partial charge in [0.05, 0.1) is 11.8 Å². The summed E-state index contributed by atoms with van der Waals surface area (Å²) in [6, 6.07) is 8.44. The molecule has 1 atom stereocenters. The number of aryl methyl sites for hydroxylation is 2. The summed E-state index contributed by atoms with van der Waals surface area (Å²) in [6.07, 6.45) is 3.74. The third-order valence-corrected chi connectivity index (χ3v) is 3.98. The van der Waals surface area contributed by atoms with Crippen molar-refractivity contribution in [1.29, 1.82) is 0 Å².